The number of rotatable bonds is 4. The Morgan fingerprint density at radius 3 is 2.81 bits per heavy atom. The molecule has 0 bridgehead atoms. The van der Waals surface area contributed by atoms with Gasteiger partial charge in [0.15, 0.2) is 11.5 Å². The smallest absolute Gasteiger partial charge is 0.195 e. The first-order chi connectivity index (χ1) is 7.74. The van der Waals surface area contributed by atoms with Crippen LogP contribution in [0.4, 0.5) is 0 Å². The molecule has 2 nitrogen and oxygen atoms in total. The first-order valence-electron chi connectivity index (χ1n) is 5.82. The summed E-state index contributed by atoms with van der Waals surface area (Å²) in [5.41, 5.74) is 3.17. The van der Waals surface area contributed by atoms with Gasteiger partial charge < -0.3 is 4.42 Å². The fourth-order valence-corrected chi connectivity index (χ4v) is 2.35. The zero-order chi connectivity index (χ0) is 11.5. The summed E-state index contributed by atoms with van der Waals surface area (Å²) in [6.07, 6.45) is 4.38. The minimum Gasteiger partial charge on any atom is -0.440 e. The van der Waals surface area contributed by atoms with Gasteiger partial charge in [0.25, 0.3) is 0 Å². The van der Waals surface area contributed by atoms with Crippen LogP contribution in [0.15, 0.2) is 21.0 Å². The minimum absolute atomic E-state index is 0.809. The van der Waals surface area contributed by atoms with E-state index in [1.54, 1.807) is 0 Å². The zero-order valence-electron chi connectivity index (χ0n) is 9.72. The monoisotopic (exact) mass is 281 g/mol. The van der Waals surface area contributed by atoms with E-state index in [1.807, 2.05) is 0 Å². The van der Waals surface area contributed by atoms with E-state index < -0.39 is 0 Å². The molecule has 16 heavy (non-hydrogen) atoms. The van der Waals surface area contributed by atoms with E-state index >= 15 is 0 Å². The predicted molar refractivity (Wildman–Crippen MR) is 69.7 cm³/mol. The number of hydrogen-bond acceptors (Lipinski definition) is 2. The maximum atomic E-state index is 5.65. The molecule has 0 fully saturated rings. The van der Waals surface area contributed by atoms with E-state index in [0.29, 0.717) is 0 Å². The average molecular weight is 282 g/mol. The lowest BCUT2D eigenvalue weighted by Gasteiger charge is -2.00. The van der Waals surface area contributed by atoms with Crippen molar-refractivity contribution in [1.29, 1.82) is 0 Å². The molecular formula is C13H16BrNO. The second-order valence-electron chi connectivity index (χ2n) is 3.99. The molecule has 0 aliphatic rings. The molecule has 0 saturated heterocycles. The lowest BCUT2D eigenvalue weighted by atomic mass is 10.1. The van der Waals surface area contributed by atoms with Gasteiger partial charge in [0.05, 0.1) is 4.47 Å². The summed E-state index contributed by atoms with van der Waals surface area (Å²) in [7, 11) is 0. The number of fused-ring (bicyclic) bond motifs is 1. The molecule has 1 aromatic carbocycles. The Bertz CT molecular complexity index is 490. The maximum Gasteiger partial charge on any atom is 0.195 e. The van der Waals surface area contributed by atoms with Crippen molar-refractivity contribution >= 4 is 27.0 Å². The highest BCUT2D eigenvalue weighted by Crippen LogP contribution is 2.27. The normalized spacial score (nSPS) is 11.2. The third-order valence-electron chi connectivity index (χ3n) is 2.67. The molecule has 2 aromatic rings. The molecule has 0 N–H and O–H groups in total. The first kappa shape index (κ1) is 11.6. The van der Waals surface area contributed by atoms with Crippen LogP contribution >= 0.6 is 15.9 Å². The number of halogens is 1. The van der Waals surface area contributed by atoms with Crippen LogP contribution in [0.25, 0.3) is 11.1 Å². The molecule has 2 rings (SSSR count). The van der Waals surface area contributed by atoms with Crippen LogP contribution in [0, 0.1) is 0 Å². The quantitative estimate of drug-likeness (QED) is 0.825. The van der Waals surface area contributed by atoms with Crippen molar-refractivity contribution in [2.75, 3.05) is 0 Å². The highest BCUT2D eigenvalue weighted by molar-refractivity contribution is 9.10. The molecule has 0 spiro atoms. The third kappa shape index (κ3) is 2.29. The Morgan fingerprint density at radius 2 is 2.12 bits per heavy atom. The van der Waals surface area contributed by atoms with Crippen molar-refractivity contribution in [2.45, 2.75) is 39.5 Å². The Kier molecular flexibility index (Phi) is 3.64. The van der Waals surface area contributed by atoms with Gasteiger partial charge in [-0.05, 0) is 46.5 Å². The Hall–Kier alpha value is -0.830. The van der Waals surface area contributed by atoms with Gasteiger partial charge >= 0.3 is 0 Å². The molecule has 0 amide bonds. The zero-order valence-corrected chi connectivity index (χ0v) is 11.3. The third-order valence-corrected chi connectivity index (χ3v) is 3.26. The predicted octanol–water partition coefficient (Wildman–Crippen LogP) is 4.50. The lowest BCUT2D eigenvalue weighted by molar-refractivity contribution is 0.536. The molecule has 0 atom stereocenters. The average Bonchev–Trinajstić information content (AvgIpc) is 2.70. The molecule has 0 aliphatic heterocycles. The van der Waals surface area contributed by atoms with Crippen LogP contribution in [-0.2, 0) is 12.8 Å². The lowest BCUT2D eigenvalue weighted by Crippen LogP contribution is -1.85. The number of oxazole rings is 1. The summed E-state index contributed by atoms with van der Waals surface area (Å²) in [6.45, 7) is 4.26. The van der Waals surface area contributed by atoms with Crippen molar-refractivity contribution in [3.05, 3.63) is 28.1 Å². The highest BCUT2D eigenvalue weighted by atomic mass is 79.9. The van der Waals surface area contributed by atoms with Crippen LogP contribution in [0.3, 0.4) is 0 Å². The van der Waals surface area contributed by atoms with Crippen molar-refractivity contribution in [3.63, 3.8) is 0 Å². The molecule has 1 aromatic heterocycles. The summed E-state index contributed by atoms with van der Waals surface area (Å²) >= 11 is 3.55. The number of hydrogen-bond donors (Lipinski definition) is 0. The van der Waals surface area contributed by atoms with Crippen LogP contribution in [0.5, 0.6) is 0 Å². The minimum atomic E-state index is 0.809. The van der Waals surface area contributed by atoms with Gasteiger partial charge in [0, 0.05) is 6.42 Å². The second-order valence-corrected chi connectivity index (χ2v) is 4.84. The van der Waals surface area contributed by atoms with E-state index in [-0.39, 0.29) is 0 Å². The summed E-state index contributed by atoms with van der Waals surface area (Å²) < 4.78 is 6.67. The molecule has 86 valence electrons. The number of aromatic nitrogens is 1. The van der Waals surface area contributed by atoms with Crippen LogP contribution in [0.1, 0.15) is 38.1 Å². The van der Waals surface area contributed by atoms with E-state index in [9.17, 15) is 0 Å². The fraction of sp³-hybridized carbons (Fsp3) is 0.462. The number of benzene rings is 1. The van der Waals surface area contributed by atoms with Crippen molar-refractivity contribution in [2.24, 2.45) is 0 Å². The highest BCUT2D eigenvalue weighted by Gasteiger charge is 2.09. The number of aryl methyl sites for hydroxylation is 2. The summed E-state index contributed by atoms with van der Waals surface area (Å²) in [5.74, 6) is 0.809. The molecule has 0 unspecified atom stereocenters. The van der Waals surface area contributed by atoms with Gasteiger partial charge in [-0.1, -0.05) is 20.3 Å². The molecule has 0 radical (unpaired) electrons. The maximum absolute atomic E-state index is 5.65. The van der Waals surface area contributed by atoms with Crippen LogP contribution in [0.2, 0.25) is 0 Å². The number of unbranched alkanes of at least 4 members (excludes halogenated alkanes) is 1. The summed E-state index contributed by atoms with van der Waals surface area (Å²) in [5, 5.41) is 0. The summed E-state index contributed by atoms with van der Waals surface area (Å²) in [4.78, 5) is 4.46. The molecule has 0 aliphatic carbocycles. The van der Waals surface area contributed by atoms with E-state index in [1.165, 1.54) is 18.4 Å². The summed E-state index contributed by atoms with van der Waals surface area (Å²) in [6, 6.07) is 4.28. The van der Waals surface area contributed by atoms with E-state index in [4.69, 9.17) is 4.42 Å². The van der Waals surface area contributed by atoms with Gasteiger partial charge in [-0.15, -0.1) is 0 Å². The largest absolute Gasteiger partial charge is 0.440 e. The van der Waals surface area contributed by atoms with Crippen LogP contribution < -0.4 is 0 Å². The van der Waals surface area contributed by atoms with Crippen molar-refractivity contribution in [1.82, 2.24) is 4.98 Å². The van der Waals surface area contributed by atoms with E-state index in [0.717, 1.165) is 34.3 Å². The van der Waals surface area contributed by atoms with Crippen molar-refractivity contribution < 1.29 is 4.42 Å². The first-order valence-corrected chi connectivity index (χ1v) is 6.61. The molecule has 3 heteroatoms. The van der Waals surface area contributed by atoms with Crippen molar-refractivity contribution in [3.8, 4) is 0 Å². The molecule has 0 saturated carbocycles. The topological polar surface area (TPSA) is 26.0 Å². The second kappa shape index (κ2) is 5.00. The van der Waals surface area contributed by atoms with Gasteiger partial charge in [-0.3, -0.25) is 0 Å². The SMILES string of the molecule is CCCCc1cc(Br)c2oc(CC)nc2c1. The molecule has 1 heterocycles. The van der Waals surface area contributed by atoms with Gasteiger partial charge in [0.1, 0.15) is 5.52 Å². The Balaban J connectivity index is 2.40. The van der Waals surface area contributed by atoms with Gasteiger partial charge in [0.2, 0.25) is 0 Å². The van der Waals surface area contributed by atoms with Crippen LogP contribution in [-0.4, -0.2) is 4.98 Å². The molecular weight excluding hydrogens is 266 g/mol. The standard InChI is InChI=1S/C13H16BrNO/c1-3-5-6-9-7-10(14)13-11(8-9)15-12(4-2)16-13/h7-8H,3-6H2,1-2H3. The van der Waals surface area contributed by atoms with Gasteiger partial charge in [-0.25, -0.2) is 4.98 Å². The Morgan fingerprint density at radius 1 is 1.31 bits per heavy atom. The van der Waals surface area contributed by atoms with Gasteiger partial charge in [-0.2, -0.15) is 0 Å². The number of nitrogens with zero attached hydrogens (tertiary/aromatic N) is 1. The fourth-order valence-electron chi connectivity index (χ4n) is 1.77. The van der Waals surface area contributed by atoms with E-state index in [2.05, 4.69) is 46.9 Å². The Labute approximate surface area is 104 Å².